The SMILES string of the molecule is CCCOc1ccc(-c2nn(-c3ccccc3)cc2/C=C(\C#N)C(=O)NCCCn2ccnc2)cc1. The third kappa shape index (κ3) is 6.27. The van der Waals surface area contributed by atoms with E-state index < -0.39 is 5.91 Å². The first kappa shape index (κ1) is 24.5. The zero-order valence-corrected chi connectivity index (χ0v) is 20.2. The Balaban J connectivity index is 1.57. The number of carbonyl (C=O) groups is 1. The van der Waals surface area contributed by atoms with Gasteiger partial charge in [-0.05, 0) is 55.3 Å². The number of para-hydroxylation sites is 1. The maximum atomic E-state index is 12.7. The summed E-state index contributed by atoms with van der Waals surface area (Å²) in [5.74, 6) is 0.373. The Morgan fingerprint density at radius 2 is 1.97 bits per heavy atom. The number of nitriles is 1. The number of ether oxygens (including phenoxy) is 1. The van der Waals surface area contributed by atoms with Crippen LogP contribution in [0.15, 0.2) is 85.1 Å². The van der Waals surface area contributed by atoms with Crippen LogP contribution in [0.2, 0.25) is 0 Å². The van der Waals surface area contributed by atoms with Gasteiger partial charge in [-0.15, -0.1) is 0 Å². The Hall–Kier alpha value is -4.64. The maximum absolute atomic E-state index is 12.7. The fourth-order valence-electron chi connectivity index (χ4n) is 3.64. The van der Waals surface area contributed by atoms with E-state index >= 15 is 0 Å². The number of nitrogens with zero attached hydrogens (tertiary/aromatic N) is 5. The molecule has 182 valence electrons. The number of nitrogens with one attached hydrogen (secondary N) is 1. The summed E-state index contributed by atoms with van der Waals surface area (Å²) >= 11 is 0. The number of hydrogen-bond donors (Lipinski definition) is 1. The molecule has 4 rings (SSSR count). The predicted molar refractivity (Wildman–Crippen MR) is 138 cm³/mol. The van der Waals surface area contributed by atoms with Gasteiger partial charge in [0.15, 0.2) is 0 Å². The molecule has 0 saturated heterocycles. The molecule has 0 aliphatic carbocycles. The molecule has 2 aromatic carbocycles. The van der Waals surface area contributed by atoms with Gasteiger partial charge in [-0.1, -0.05) is 25.1 Å². The lowest BCUT2D eigenvalue weighted by atomic mass is 10.1. The Kier molecular flexibility index (Phi) is 8.28. The minimum atomic E-state index is -0.412. The highest BCUT2D eigenvalue weighted by Gasteiger charge is 2.15. The van der Waals surface area contributed by atoms with Crippen LogP contribution in [0.4, 0.5) is 0 Å². The largest absolute Gasteiger partial charge is 0.494 e. The van der Waals surface area contributed by atoms with Crippen molar-refractivity contribution in [1.29, 1.82) is 5.26 Å². The monoisotopic (exact) mass is 480 g/mol. The van der Waals surface area contributed by atoms with Crippen molar-refractivity contribution in [2.45, 2.75) is 26.3 Å². The lowest BCUT2D eigenvalue weighted by Gasteiger charge is -2.06. The van der Waals surface area contributed by atoms with Crippen LogP contribution in [0.1, 0.15) is 25.3 Å². The molecule has 36 heavy (non-hydrogen) atoms. The van der Waals surface area contributed by atoms with Crippen molar-refractivity contribution < 1.29 is 9.53 Å². The number of aryl methyl sites for hydroxylation is 1. The van der Waals surface area contributed by atoms with Crippen molar-refractivity contribution in [3.8, 4) is 28.8 Å². The first-order valence-electron chi connectivity index (χ1n) is 11.9. The second-order valence-electron chi connectivity index (χ2n) is 8.17. The summed E-state index contributed by atoms with van der Waals surface area (Å²) in [4.78, 5) is 16.8. The second kappa shape index (κ2) is 12.2. The molecule has 0 bridgehead atoms. The lowest BCUT2D eigenvalue weighted by Crippen LogP contribution is -2.26. The van der Waals surface area contributed by atoms with Crippen LogP contribution in [-0.2, 0) is 11.3 Å². The molecule has 0 fully saturated rings. The number of benzene rings is 2. The molecule has 0 aliphatic rings. The lowest BCUT2D eigenvalue weighted by molar-refractivity contribution is -0.117. The van der Waals surface area contributed by atoms with E-state index in [9.17, 15) is 10.1 Å². The molecule has 0 unspecified atom stereocenters. The molecular formula is C28H28N6O2. The molecule has 0 spiro atoms. The van der Waals surface area contributed by atoms with Crippen LogP contribution in [0, 0.1) is 11.3 Å². The van der Waals surface area contributed by atoms with E-state index in [1.807, 2.05) is 77.6 Å². The van der Waals surface area contributed by atoms with Crippen molar-refractivity contribution in [2.75, 3.05) is 13.2 Å². The van der Waals surface area contributed by atoms with E-state index in [4.69, 9.17) is 9.84 Å². The summed E-state index contributed by atoms with van der Waals surface area (Å²) < 4.78 is 9.39. The van der Waals surface area contributed by atoms with Gasteiger partial charge in [-0.3, -0.25) is 4.79 Å². The zero-order valence-electron chi connectivity index (χ0n) is 20.2. The molecule has 1 amide bonds. The Morgan fingerprint density at radius 1 is 1.17 bits per heavy atom. The summed E-state index contributed by atoms with van der Waals surface area (Å²) in [5, 5.41) is 17.3. The van der Waals surface area contributed by atoms with Crippen LogP contribution in [0.25, 0.3) is 23.0 Å². The number of amides is 1. The van der Waals surface area contributed by atoms with Crippen molar-refractivity contribution in [1.82, 2.24) is 24.6 Å². The quantitative estimate of drug-likeness (QED) is 0.192. The minimum Gasteiger partial charge on any atom is -0.494 e. The van der Waals surface area contributed by atoms with E-state index in [1.54, 1.807) is 23.3 Å². The van der Waals surface area contributed by atoms with Crippen molar-refractivity contribution in [2.24, 2.45) is 0 Å². The van der Waals surface area contributed by atoms with Gasteiger partial charge in [0.05, 0.1) is 24.3 Å². The molecule has 2 heterocycles. The van der Waals surface area contributed by atoms with Gasteiger partial charge in [0, 0.05) is 42.8 Å². The van der Waals surface area contributed by atoms with Crippen LogP contribution < -0.4 is 10.1 Å². The zero-order chi connectivity index (χ0) is 25.2. The summed E-state index contributed by atoms with van der Waals surface area (Å²) in [7, 11) is 0. The van der Waals surface area contributed by atoms with Gasteiger partial charge >= 0.3 is 0 Å². The number of rotatable bonds is 11. The fourth-order valence-corrected chi connectivity index (χ4v) is 3.64. The first-order valence-corrected chi connectivity index (χ1v) is 11.9. The van der Waals surface area contributed by atoms with E-state index in [2.05, 4.69) is 17.2 Å². The Labute approximate surface area is 210 Å². The van der Waals surface area contributed by atoms with E-state index in [-0.39, 0.29) is 5.57 Å². The molecule has 0 saturated carbocycles. The molecule has 2 aromatic heterocycles. The molecule has 0 radical (unpaired) electrons. The van der Waals surface area contributed by atoms with E-state index in [0.717, 1.165) is 36.4 Å². The van der Waals surface area contributed by atoms with Gasteiger partial charge in [-0.2, -0.15) is 10.4 Å². The number of carbonyl (C=O) groups excluding carboxylic acids is 1. The first-order chi connectivity index (χ1) is 17.7. The standard InChI is InChI=1S/C28H28N6O2/c1-2-17-36-26-11-9-22(10-12-26)27-24(20-34(32-27)25-7-4-3-5-8-25)18-23(19-29)28(35)31-13-6-15-33-16-14-30-21-33/h3-5,7-12,14,16,18,20-21H,2,6,13,15,17H2,1H3,(H,31,35)/b23-18+. The maximum Gasteiger partial charge on any atom is 0.261 e. The highest BCUT2D eigenvalue weighted by molar-refractivity contribution is 6.02. The Morgan fingerprint density at radius 3 is 2.67 bits per heavy atom. The van der Waals surface area contributed by atoms with Gasteiger partial charge in [0.2, 0.25) is 0 Å². The highest BCUT2D eigenvalue weighted by Crippen LogP contribution is 2.27. The third-order valence-electron chi connectivity index (χ3n) is 5.47. The molecule has 8 nitrogen and oxygen atoms in total. The van der Waals surface area contributed by atoms with Gasteiger partial charge < -0.3 is 14.6 Å². The Bertz CT molecular complexity index is 1330. The predicted octanol–water partition coefficient (Wildman–Crippen LogP) is 4.64. The molecule has 0 aliphatic heterocycles. The minimum absolute atomic E-state index is 0.0226. The normalized spacial score (nSPS) is 11.2. The van der Waals surface area contributed by atoms with Crippen molar-refractivity contribution in [3.05, 3.63) is 90.7 Å². The van der Waals surface area contributed by atoms with Gasteiger partial charge in [-0.25, -0.2) is 9.67 Å². The smallest absolute Gasteiger partial charge is 0.261 e. The van der Waals surface area contributed by atoms with Crippen LogP contribution in [0.3, 0.4) is 0 Å². The molecular weight excluding hydrogens is 452 g/mol. The topological polar surface area (TPSA) is 97.8 Å². The summed E-state index contributed by atoms with van der Waals surface area (Å²) in [6.45, 7) is 3.90. The van der Waals surface area contributed by atoms with Crippen LogP contribution in [-0.4, -0.2) is 38.4 Å². The fraction of sp³-hybridized carbons (Fsp3) is 0.214. The van der Waals surface area contributed by atoms with Gasteiger partial charge in [0.1, 0.15) is 17.4 Å². The summed E-state index contributed by atoms with van der Waals surface area (Å²) in [6, 6.07) is 19.4. The van der Waals surface area contributed by atoms with Crippen molar-refractivity contribution in [3.63, 3.8) is 0 Å². The van der Waals surface area contributed by atoms with E-state index in [0.29, 0.717) is 24.4 Å². The van der Waals surface area contributed by atoms with Crippen LogP contribution in [0.5, 0.6) is 5.75 Å². The van der Waals surface area contributed by atoms with Gasteiger partial charge in [0.25, 0.3) is 5.91 Å². The summed E-state index contributed by atoms with van der Waals surface area (Å²) in [5.41, 5.74) is 3.10. The number of aromatic nitrogens is 4. The molecule has 8 heteroatoms. The average molecular weight is 481 g/mol. The van der Waals surface area contributed by atoms with Crippen molar-refractivity contribution >= 4 is 12.0 Å². The summed E-state index contributed by atoms with van der Waals surface area (Å²) in [6.07, 6.45) is 10.4. The van der Waals surface area contributed by atoms with Crippen LogP contribution >= 0.6 is 0 Å². The highest BCUT2D eigenvalue weighted by atomic mass is 16.5. The molecule has 1 N–H and O–H groups in total. The van der Waals surface area contributed by atoms with E-state index in [1.165, 1.54) is 0 Å². The molecule has 4 aromatic rings. The third-order valence-corrected chi connectivity index (χ3v) is 5.47. The second-order valence-corrected chi connectivity index (χ2v) is 8.17. The average Bonchev–Trinajstić information content (AvgIpc) is 3.59. The molecule has 0 atom stereocenters. The number of hydrogen-bond acceptors (Lipinski definition) is 5. The number of imidazole rings is 1.